The second-order valence-corrected chi connectivity index (χ2v) is 11.7. The normalized spacial score (nSPS) is 22.2. The van der Waals surface area contributed by atoms with Crippen LogP contribution in [-0.4, -0.2) is 64.8 Å². The number of thiophene rings is 1. The van der Waals surface area contributed by atoms with Gasteiger partial charge in [-0.05, 0) is 70.8 Å². The molecule has 1 saturated carbocycles. The first kappa shape index (κ1) is 26.5. The summed E-state index contributed by atoms with van der Waals surface area (Å²) >= 11 is 1.47. The number of methoxy groups -OCH3 is 1. The van der Waals surface area contributed by atoms with E-state index in [2.05, 4.69) is 14.7 Å². The standard InChI is InChI=1S/C25H33F2N3O5S/c1-24(2,3)35-23(32)30(4)15-7-9-16(10-8-15)34-20-19-18-14(12-25(26,27)22(31)33-5)6-11-17(18)36-21(19)29-13-28-20/h13-16H,6-12H2,1-5H3/t14-,15-,16-/m1/s1. The van der Waals surface area contributed by atoms with Crippen LogP contribution in [-0.2, 0) is 20.7 Å². The van der Waals surface area contributed by atoms with Gasteiger partial charge in [0.25, 0.3) is 0 Å². The largest absolute Gasteiger partial charge is 0.474 e. The average Bonchev–Trinajstić information content (AvgIpc) is 3.37. The fraction of sp³-hybridized carbons (Fsp3) is 0.680. The zero-order valence-electron chi connectivity index (χ0n) is 21.3. The highest BCUT2D eigenvalue weighted by molar-refractivity contribution is 7.19. The van der Waals surface area contributed by atoms with E-state index in [4.69, 9.17) is 9.47 Å². The zero-order valence-corrected chi connectivity index (χ0v) is 22.1. The minimum atomic E-state index is -3.56. The predicted octanol–water partition coefficient (Wildman–Crippen LogP) is 5.48. The lowest BCUT2D eigenvalue weighted by Crippen LogP contribution is -2.43. The Morgan fingerprint density at radius 2 is 1.83 bits per heavy atom. The first-order valence-corrected chi connectivity index (χ1v) is 13.1. The van der Waals surface area contributed by atoms with Crippen molar-refractivity contribution in [3.63, 3.8) is 0 Å². The Balaban J connectivity index is 1.47. The number of hydrogen-bond acceptors (Lipinski definition) is 8. The Morgan fingerprint density at radius 1 is 1.14 bits per heavy atom. The van der Waals surface area contributed by atoms with Crippen LogP contribution >= 0.6 is 11.3 Å². The van der Waals surface area contributed by atoms with Crippen LogP contribution in [0.15, 0.2) is 6.33 Å². The number of alkyl halides is 2. The first-order chi connectivity index (χ1) is 16.9. The number of carbonyl (C=O) groups excluding carboxylic acids is 2. The van der Waals surface area contributed by atoms with Crippen LogP contribution in [0.3, 0.4) is 0 Å². The summed E-state index contributed by atoms with van der Waals surface area (Å²) in [4.78, 5) is 36.1. The number of fused-ring (bicyclic) bond motifs is 3. The maximum absolute atomic E-state index is 14.4. The Kier molecular flexibility index (Phi) is 7.41. The van der Waals surface area contributed by atoms with Gasteiger partial charge < -0.3 is 19.1 Å². The van der Waals surface area contributed by atoms with Crippen LogP contribution in [0.25, 0.3) is 10.2 Å². The molecule has 0 unspecified atom stereocenters. The van der Waals surface area contributed by atoms with E-state index in [0.717, 1.165) is 43.2 Å². The van der Waals surface area contributed by atoms with E-state index in [1.807, 2.05) is 20.8 Å². The number of ether oxygens (including phenoxy) is 3. The van der Waals surface area contributed by atoms with Gasteiger partial charge in [-0.15, -0.1) is 11.3 Å². The fourth-order valence-corrected chi connectivity index (χ4v) is 6.30. The Morgan fingerprint density at radius 3 is 2.47 bits per heavy atom. The van der Waals surface area contributed by atoms with Gasteiger partial charge in [0, 0.05) is 24.4 Å². The van der Waals surface area contributed by atoms with Crippen LogP contribution in [0.1, 0.15) is 75.7 Å². The van der Waals surface area contributed by atoms with Crippen molar-refractivity contribution in [2.45, 2.75) is 95.3 Å². The molecule has 0 N–H and O–H groups in total. The second-order valence-electron chi connectivity index (χ2n) is 10.6. The van der Waals surface area contributed by atoms with Crippen molar-refractivity contribution in [1.29, 1.82) is 0 Å². The molecule has 0 radical (unpaired) electrons. The number of halogens is 2. The van der Waals surface area contributed by atoms with Crippen molar-refractivity contribution >= 4 is 33.6 Å². The smallest absolute Gasteiger partial charge is 0.410 e. The highest BCUT2D eigenvalue weighted by atomic mass is 32.1. The maximum atomic E-state index is 14.4. The minimum Gasteiger partial charge on any atom is -0.474 e. The van der Waals surface area contributed by atoms with Crippen LogP contribution in [0, 0.1) is 0 Å². The Hall–Kier alpha value is -2.56. The van der Waals surface area contributed by atoms with Crippen LogP contribution in [0.5, 0.6) is 5.88 Å². The molecule has 4 rings (SSSR count). The second kappa shape index (κ2) is 10.1. The molecule has 2 heterocycles. The van der Waals surface area contributed by atoms with Gasteiger partial charge in [-0.3, -0.25) is 0 Å². The molecule has 1 atom stereocenters. The molecule has 8 nitrogen and oxygen atoms in total. The number of aryl methyl sites for hydroxylation is 1. The van der Waals surface area contributed by atoms with Crippen molar-refractivity contribution in [2.24, 2.45) is 0 Å². The summed E-state index contributed by atoms with van der Waals surface area (Å²) in [5.74, 6) is -5.19. The van der Waals surface area contributed by atoms with Gasteiger partial charge in [0.1, 0.15) is 22.9 Å². The number of esters is 1. The summed E-state index contributed by atoms with van der Waals surface area (Å²) in [6.07, 6.45) is 4.50. The number of rotatable bonds is 6. The molecule has 2 aliphatic rings. The molecule has 2 aromatic heterocycles. The third-order valence-corrected chi connectivity index (χ3v) is 8.01. The topological polar surface area (TPSA) is 90.9 Å². The number of aromatic nitrogens is 2. The van der Waals surface area contributed by atoms with Crippen molar-refractivity contribution in [2.75, 3.05) is 14.2 Å². The van der Waals surface area contributed by atoms with Crippen molar-refractivity contribution < 1.29 is 32.6 Å². The van der Waals surface area contributed by atoms with Crippen LogP contribution < -0.4 is 4.74 Å². The van der Waals surface area contributed by atoms with Gasteiger partial charge in [-0.25, -0.2) is 19.6 Å². The van der Waals surface area contributed by atoms with E-state index in [9.17, 15) is 18.4 Å². The maximum Gasteiger partial charge on any atom is 0.410 e. The minimum absolute atomic E-state index is 0.0560. The van der Waals surface area contributed by atoms with Crippen LogP contribution in [0.4, 0.5) is 13.6 Å². The highest BCUT2D eigenvalue weighted by Gasteiger charge is 2.45. The lowest BCUT2D eigenvalue weighted by Gasteiger charge is -2.35. The molecule has 1 amide bonds. The SMILES string of the molecule is COC(=O)C(F)(F)C[C@H]1CCc2sc3ncnc(O[C@H]4CC[C@H](N(C)C(=O)OC(C)(C)C)CC4)c3c21. The quantitative estimate of drug-likeness (QED) is 0.462. The van der Waals surface area contributed by atoms with Gasteiger partial charge in [0.05, 0.1) is 12.5 Å². The molecule has 0 spiro atoms. The molecule has 2 aromatic rings. The van der Waals surface area contributed by atoms with E-state index >= 15 is 0 Å². The summed E-state index contributed by atoms with van der Waals surface area (Å²) in [5, 5.41) is 0.675. The molecule has 0 aliphatic heterocycles. The van der Waals surface area contributed by atoms with Gasteiger partial charge in [-0.2, -0.15) is 8.78 Å². The summed E-state index contributed by atoms with van der Waals surface area (Å²) in [5.41, 5.74) is 0.219. The van der Waals surface area contributed by atoms with Gasteiger partial charge in [0.2, 0.25) is 5.88 Å². The fourth-order valence-electron chi connectivity index (χ4n) is 5.07. The molecule has 36 heavy (non-hydrogen) atoms. The molecule has 1 fully saturated rings. The summed E-state index contributed by atoms with van der Waals surface area (Å²) in [6.45, 7) is 5.52. The Labute approximate surface area is 213 Å². The van der Waals surface area contributed by atoms with Crippen molar-refractivity contribution in [3.8, 4) is 5.88 Å². The third kappa shape index (κ3) is 5.55. The van der Waals surface area contributed by atoms with Gasteiger partial charge >= 0.3 is 18.0 Å². The van der Waals surface area contributed by atoms with E-state index in [1.54, 1.807) is 11.9 Å². The summed E-state index contributed by atoms with van der Waals surface area (Å²) < 4.78 is 44.9. The molecule has 11 heteroatoms. The van der Waals surface area contributed by atoms with Gasteiger partial charge in [0.15, 0.2) is 0 Å². The summed E-state index contributed by atoms with van der Waals surface area (Å²) in [7, 11) is 2.73. The molecule has 198 valence electrons. The van der Waals surface area contributed by atoms with Crippen LogP contribution in [0.2, 0.25) is 0 Å². The van der Waals surface area contributed by atoms with Crippen molar-refractivity contribution in [1.82, 2.24) is 14.9 Å². The number of carbonyl (C=O) groups is 2. The third-order valence-electron chi connectivity index (χ3n) is 6.83. The van der Waals surface area contributed by atoms with E-state index in [-0.39, 0.29) is 18.2 Å². The van der Waals surface area contributed by atoms with Gasteiger partial charge in [-0.1, -0.05) is 0 Å². The zero-order chi connectivity index (χ0) is 26.3. The molecule has 2 aliphatic carbocycles. The first-order valence-electron chi connectivity index (χ1n) is 12.2. The number of hydrogen-bond donors (Lipinski definition) is 0. The lowest BCUT2D eigenvalue weighted by molar-refractivity contribution is -0.170. The average molecular weight is 526 g/mol. The number of amides is 1. The van der Waals surface area contributed by atoms with E-state index in [1.165, 1.54) is 17.7 Å². The lowest BCUT2D eigenvalue weighted by atomic mass is 9.92. The molecule has 0 aromatic carbocycles. The van der Waals surface area contributed by atoms with E-state index < -0.39 is 29.8 Å². The molecule has 0 saturated heterocycles. The molecular weight excluding hydrogens is 492 g/mol. The van der Waals surface area contributed by atoms with Crippen molar-refractivity contribution in [3.05, 3.63) is 16.8 Å². The number of nitrogens with zero attached hydrogens (tertiary/aromatic N) is 3. The Bertz CT molecular complexity index is 1120. The molecule has 0 bridgehead atoms. The monoisotopic (exact) mass is 525 g/mol. The highest BCUT2D eigenvalue weighted by Crippen LogP contribution is 2.49. The van der Waals surface area contributed by atoms with E-state index in [0.29, 0.717) is 28.9 Å². The predicted molar refractivity (Wildman–Crippen MR) is 131 cm³/mol. The molecular formula is C25H33F2N3O5S. The summed E-state index contributed by atoms with van der Waals surface area (Å²) in [6, 6.07) is 0.0560.